The molecule has 0 bridgehead atoms. The first kappa shape index (κ1) is 18.0. The normalized spacial score (nSPS) is 21.2. The van der Waals surface area contributed by atoms with E-state index in [4.69, 9.17) is 20.2 Å². The predicted molar refractivity (Wildman–Crippen MR) is 100 cm³/mol. The summed E-state index contributed by atoms with van der Waals surface area (Å²) < 4.78 is 10.7. The minimum atomic E-state index is 0.269. The first-order chi connectivity index (χ1) is 12.3. The fourth-order valence-corrected chi connectivity index (χ4v) is 3.56. The lowest BCUT2D eigenvalue weighted by molar-refractivity contribution is 0.0673. The molecule has 6 nitrogen and oxygen atoms in total. The molecule has 2 aliphatic rings. The zero-order valence-corrected chi connectivity index (χ0v) is 15.2. The highest BCUT2D eigenvalue weighted by molar-refractivity contribution is 5.78. The number of hydrogen-bond donors (Lipinski definition) is 1. The molecule has 0 radical (unpaired) electrons. The van der Waals surface area contributed by atoms with Crippen LogP contribution in [0.25, 0.3) is 0 Å². The van der Waals surface area contributed by atoms with Gasteiger partial charge < -0.3 is 20.1 Å². The second-order valence-electron chi connectivity index (χ2n) is 6.68. The number of guanidine groups is 1. The zero-order chi connectivity index (χ0) is 17.5. The Labute approximate surface area is 150 Å². The maximum absolute atomic E-state index is 6.23. The van der Waals surface area contributed by atoms with Crippen molar-refractivity contribution in [3.63, 3.8) is 0 Å². The number of morpholine rings is 1. The smallest absolute Gasteiger partial charge is 0.191 e. The molecule has 1 unspecified atom stereocenters. The van der Waals surface area contributed by atoms with Crippen LogP contribution in [0.15, 0.2) is 29.3 Å². The van der Waals surface area contributed by atoms with E-state index >= 15 is 0 Å². The van der Waals surface area contributed by atoms with Crippen molar-refractivity contribution in [1.82, 2.24) is 9.80 Å². The van der Waals surface area contributed by atoms with Crippen molar-refractivity contribution in [2.75, 3.05) is 53.0 Å². The molecule has 138 valence electrons. The highest BCUT2D eigenvalue weighted by Crippen LogP contribution is 2.26. The van der Waals surface area contributed by atoms with Crippen LogP contribution in [0, 0.1) is 0 Å². The summed E-state index contributed by atoms with van der Waals surface area (Å²) in [6.07, 6.45) is 3.84. The van der Waals surface area contributed by atoms with Crippen LogP contribution in [-0.4, -0.2) is 68.8 Å². The third-order valence-electron chi connectivity index (χ3n) is 5.09. The largest absolute Gasteiger partial charge is 0.497 e. The van der Waals surface area contributed by atoms with Gasteiger partial charge in [0.25, 0.3) is 0 Å². The molecule has 2 heterocycles. The maximum atomic E-state index is 6.23. The molecule has 0 amide bonds. The van der Waals surface area contributed by atoms with E-state index in [0.717, 1.165) is 45.1 Å². The van der Waals surface area contributed by atoms with E-state index in [1.807, 2.05) is 12.1 Å². The average Bonchev–Trinajstić information content (AvgIpc) is 2.70. The Balaban J connectivity index is 1.72. The van der Waals surface area contributed by atoms with Gasteiger partial charge in [0.15, 0.2) is 5.96 Å². The topological polar surface area (TPSA) is 63.3 Å². The van der Waals surface area contributed by atoms with Gasteiger partial charge in [0.05, 0.1) is 32.9 Å². The van der Waals surface area contributed by atoms with Crippen LogP contribution in [0.1, 0.15) is 30.9 Å². The van der Waals surface area contributed by atoms with Gasteiger partial charge in [-0.15, -0.1) is 0 Å². The van der Waals surface area contributed by atoms with E-state index in [0.29, 0.717) is 12.5 Å². The summed E-state index contributed by atoms with van der Waals surface area (Å²) in [5.41, 5.74) is 7.51. The number of piperidine rings is 1. The molecule has 1 aromatic rings. The average molecular weight is 346 g/mol. The molecule has 1 atom stereocenters. The highest BCUT2D eigenvalue weighted by atomic mass is 16.5. The van der Waals surface area contributed by atoms with Gasteiger partial charge in [0, 0.05) is 13.1 Å². The SMILES string of the molecule is COc1ccc(C(CN=C(N)N2CCOCC2)N2CCCCC2)cc1. The highest BCUT2D eigenvalue weighted by Gasteiger charge is 2.23. The van der Waals surface area contributed by atoms with E-state index in [9.17, 15) is 0 Å². The molecule has 1 aromatic carbocycles. The number of ether oxygens (including phenoxy) is 2. The molecule has 0 spiro atoms. The predicted octanol–water partition coefficient (Wildman–Crippen LogP) is 1.87. The fraction of sp³-hybridized carbons (Fsp3) is 0.632. The number of aliphatic imine (C=N–C) groups is 1. The van der Waals surface area contributed by atoms with Gasteiger partial charge in [0.2, 0.25) is 0 Å². The molecule has 2 saturated heterocycles. The van der Waals surface area contributed by atoms with E-state index < -0.39 is 0 Å². The molecule has 6 heteroatoms. The van der Waals surface area contributed by atoms with Crippen LogP contribution in [-0.2, 0) is 4.74 Å². The van der Waals surface area contributed by atoms with Crippen molar-refractivity contribution < 1.29 is 9.47 Å². The molecule has 2 fully saturated rings. The third-order valence-corrected chi connectivity index (χ3v) is 5.09. The van der Waals surface area contributed by atoms with Crippen molar-refractivity contribution in [1.29, 1.82) is 0 Å². The Hall–Kier alpha value is -1.79. The minimum Gasteiger partial charge on any atom is -0.497 e. The first-order valence-corrected chi connectivity index (χ1v) is 9.28. The summed E-state index contributed by atoms with van der Waals surface area (Å²) in [5.74, 6) is 1.52. The summed E-state index contributed by atoms with van der Waals surface area (Å²) in [4.78, 5) is 9.39. The monoisotopic (exact) mass is 346 g/mol. The lowest BCUT2D eigenvalue weighted by atomic mass is 10.0. The Morgan fingerprint density at radius 2 is 1.80 bits per heavy atom. The second-order valence-corrected chi connectivity index (χ2v) is 6.68. The summed E-state index contributed by atoms with van der Waals surface area (Å²) in [7, 11) is 1.70. The van der Waals surface area contributed by atoms with Crippen LogP contribution < -0.4 is 10.5 Å². The maximum Gasteiger partial charge on any atom is 0.191 e. The van der Waals surface area contributed by atoms with Crippen molar-refractivity contribution in [2.45, 2.75) is 25.3 Å². The van der Waals surface area contributed by atoms with Crippen LogP contribution in [0.2, 0.25) is 0 Å². The van der Waals surface area contributed by atoms with Gasteiger partial charge in [-0.25, -0.2) is 0 Å². The zero-order valence-electron chi connectivity index (χ0n) is 15.2. The molecule has 0 saturated carbocycles. The number of nitrogens with zero attached hydrogens (tertiary/aromatic N) is 3. The number of rotatable bonds is 5. The quantitative estimate of drug-likeness (QED) is 0.651. The number of benzene rings is 1. The van der Waals surface area contributed by atoms with E-state index in [1.54, 1.807) is 7.11 Å². The van der Waals surface area contributed by atoms with E-state index in [-0.39, 0.29) is 6.04 Å². The molecular weight excluding hydrogens is 316 g/mol. The summed E-state index contributed by atoms with van der Waals surface area (Å²) in [5, 5.41) is 0. The van der Waals surface area contributed by atoms with Gasteiger partial charge in [-0.2, -0.15) is 0 Å². The van der Waals surface area contributed by atoms with E-state index in [1.165, 1.54) is 24.8 Å². The number of likely N-dealkylation sites (tertiary alicyclic amines) is 1. The van der Waals surface area contributed by atoms with Crippen molar-refractivity contribution in [3.8, 4) is 5.75 Å². The molecule has 0 aromatic heterocycles. The number of methoxy groups -OCH3 is 1. The molecule has 3 rings (SSSR count). The van der Waals surface area contributed by atoms with Gasteiger partial charge in [-0.1, -0.05) is 18.6 Å². The molecule has 2 N–H and O–H groups in total. The summed E-state index contributed by atoms with van der Waals surface area (Å²) in [6.45, 7) is 6.05. The van der Waals surface area contributed by atoms with Gasteiger partial charge in [-0.05, 0) is 43.6 Å². The number of nitrogens with two attached hydrogens (primary N) is 1. The molecule has 2 aliphatic heterocycles. The van der Waals surface area contributed by atoms with Crippen LogP contribution in [0.5, 0.6) is 5.75 Å². The first-order valence-electron chi connectivity index (χ1n) is 9.28. The Morgan fingerprint density at radius 1 is 1.12 bits per heavy atom. The standard InChI is InChI=1S/C19H30N4O2/c1-24-17-7-5-16(6-8-17)18(22-9-3-2-4-10-22)15-21-19(20)23-11-13-25-14-12-23/h5-8,18H,2-4,9-15H2,1H3,(H2,20,21). The minimum absolute atomic E-state index is 0.269. The van der Waals surface area contributed by atoms with Crippen LogP contribution in [0.3, 0.4) is 0 Å². The molecule has 0 aliphatic carbocycles. The Bertz CT molecular complexity index is 549. The van der Waals surface area contributed by atoms with Gasteiger partial charge in [-0.3, -0.25) is 9.89 Å². The lowest BCUT2D eigenvalue weighted by Crippen LogP contribution is -2.45. The Kier molecular flexibility index (Phi) is 6.53. The molecule has 25 heavy (non-hydrogen) atoms. The van der Waals surface area contributed by atoms with Crippen molar-refractivity contribution in [2.24, 2.45) is 10.7 Å². The van der Waals surface area contributed by atoms with E-state index in [2.05, 4.69) is 21.9 Å². The van der Waals surface area contributed by atoms with Crippen LogP contribution >= 0.6 is 0 Å². The fourth-order valence-electron chi connectivity index (χ4n) is 3.56. The number of hydrogen-bond acceptors (Lipinski definition) is 4. The van der Waals surface area contributed by atoms with Crippen LogP contribution in [0.4, 0.5) is 0 Å². The van der Waals surface area contributed by atoms with Crippen molar-refractivity contribution >= 4 is 5.96 Å². The third kappa shape index (κ3) is 4.86. The Morgan fingerprint density at radius 3 is 2.44 bits per heavy atom. The second kappa shape index (κ2) is 9.06. The summed E-state index contributed by atoms with van der Waals surface area (Å²) in [6, 6.07) is 8.63. The van der Waals surface area contributed by atoms with Gasteiger partial charge in [0.1, 0.15) is 5.75 Å². The van der Waals surface area contributed by atoms with Crippen molar-refractivity contribution in [3.05, 3.63) is 29.8 Å². The summed E-state index contributed by atoms with van der Waals surface area (Å²) >= 11 is 0. The molecular formula is C19H30N4O2. The lowest BCUT2D eigenvalue weighted by Gasteiger charge is -2.34. The van der Waals surface area contributed by atoms with Gasteiger partial charge >= 0.3 is 0 Å².